The van der Waals surface area contributed by atoms with Gasteiger partial charge in [0, 0.05) is 0 Å². The number of hydrogen-bond donors (Lipinski definition) is 2. The number of phenols is 1. The lowest BCUT2D eigenvalue weighted by molar-refractivity contribution is 0.472. The van der Waals surface area contributed by atoms with Gasteiger partial charge in [-0.1, -0.05) is 6.07 Å². The Kier molecular flexibility index (Phi) is 2.63. The summed E-state index contributed by atoms with van der Waals surface area (Å²) in [7, 11) is 0. The molecule has 6 nitrogen and oxygen atoms in total. The van der Waals surface area contributed by atoms with E-state index in [0.717, 1.165) is 11.1 Å². The molecule has 6 heteroatoms. The molecular weight excluding hydrogens is 206 g/mol. The van der Waals surface area contributed by atoms with Crippen molar-refractivity contribution in [3.8, 4) is 5.75 Å². The molecule has 2 aromatic rings. The lowest BCUT2D eigenvalue weighted by atomic mass is 10.1. The van der Waals surface area contributed by atoms with E-state index < -0.39 is 0 Å². The fourth-order valence-corrected chi connectivity index (χ4v) is 1.36. The number of rotatable bonds is 2. The summed E-state index contributed by atoms with van der Waals surface area (Å²) in [5.41, 5.74) is 2.21. The van der Waals surface area contributed by atoms with Gasteiger partial charge in [0.1, 0.15) is 17.8 Å². The first-order chi connectivity index (χ1) is 7.66. The van der Waals surface area contributed by atoms with Crippen LogP contribution in [0.25, 0.3) is 0 Å². The highest BCUT2D eigenvalue weighted by atomic mass is 16.3. The van der Waals surface area contributed by atoms with Crippen molar-refractivity contribution in [2.45, 2.75) is 13.8 Å². The summed E-state index contributed by atoms with van der Waals surface area (Å²) >= 11 is 0. The molecule has 0 radical (unpaired) electrons. The Morgan fingerprint density at radius 1 is 1.25 bits per heavy atom. The van der Waals surface area contributed by atoms with Crippen LogP contribution in [0.3, 0.4) is 0 Å². The van der Waals surface area contributed by atoms with Crippen molar-refractivity contribution >= 4 is 11.6 Å². The van der Waals surface area contributed by atoms with Gasteiger partial charge in [0.05, 0.1) is 0 Å². The summed E-state index contributed by atoms with van der Waals surface area (Å²) in [6.07, 6.45) is 1.34. The van der Waals surface area contributed by atoms with Crippen molar-refractivity contribution in [3.05, 3.63) is 29.6 Å². The third-order valence-corrected chi connectivity index (χ3v) is 2.08. The number of aromatic amines is 1. The highest BCUT2D eigenvalue weighted by Gasteiger charge is 2.04. The molecule has 1 aromatic heterocycles. The lowest BCUT2D eigenvalue weighted by Crippen LogP contribution is -1.79. The monoisotopic (exact) mass is 217 g/mol. The zero-order valence-electron chi connectivity index (χ0n) is 8.97. The average Bonchev–Trinajstić information content (AvgIpc) is 2.74. The van der Waals surface area contributed by atoms with Gasteiger partial charge in [-0.15, -0.1) is 10.2 Å². The number of aromatic hydroxyl groups is 1. The van der Waals surface area contributed by atoms with Crippen LogP contribution in [0.5, 0.6) is 5.75 Å². The Morgan fingerprint density at radius 3 is 2.75 bits per heavy atom. The standard InChI is InChI=1S/C10H11N5O/c1-6-3-7(2)9(16)8(4-6)13-15-10-11-5-12-14-10/h3-5,16H,1-2H3,(H,11,12,14). The molecule has 1 aromatic carbocycles. The van der Waals surface area contributed by atoms with Crippen molar-refractivity contribution < 1.29 is 5.11 Å². The number of aryl methyl sites for hydroxylation is 2. The molecule has 0 fully saturated rings. The first-order valence-corrected chi connectivity index (χ1v) is 4.74. The van der Waals surface area contributed by atoms with Crippen molar-refractivity contribution in [2.75, 3.05) is 0 Å². The molecular formula is C10H11N5O. The average molecular weight is 217 g/mol. The third kappa shape index (κ3) is 2.05. The van der Waals surface area contributed by atoms with Gasteiger partial charge in [-0.05, 0) is 31.0 Å². The van der Waals surface area contributed by atoms with E-state index in [9.17, 15) is 5.11 Å². The molecule has 0 spiro atoms. The zero-order valence-corrected chi connectivity index (χ0v) is 8.97. The minimum absolute atomic E-state index is 0.133. The molecule has 0 amide bonds. The van der Waals surface area contributed by atoms with E-state index in [1.54, 1.807) is 6.07 Å². The summed E-state index contributed by atoms with van der Waals surface area (Å²) in [5, 5.41) is 23.7. The molecule has 2 N–H and O–H groups in total. The van der Waals surface area contributed by atoms with Crippen LogP contribution in [-0.4, -0.2) is 20.3 Å². The Morgan fingerprint density at radius 2 is 2.06 bits per heavy atom. The molecule has 0 bridgehead atoms. The number of H-pyrrole nitrogens is 1. The van der Waals surface area contributed by atoms with Crippen LogP contribution in [0, 0.1) is 13.8 Å². The summed E-state index contributed by atoms with van der Waals surface area (Å²) < 4.78 is 0. The van der Waals surface area contributed by atoms with Gasteiger partial charge in [-0.25, -0.2) is 5.10 Å². The van der Waals surface area contributed by atoms with E-state index in [2.05, 4.69) is 25.4 Å². The molecule has 1 heterocycles. The molecule has 2 rings (SSSR count). The number of azo groups is 1. The van der Waals surface area contributed by atoms with Gasteiger partial charge < -0.3 is 5.11 Å². The summed E-state index contributed by atoms with van der Waals surface area (Å²) in [4.78, 5) is 3.80. The van der Waals surface area contributed by atoms with E-state index in [-0.39, 0.29) is 5.75 Å². The molecule has 82 valence electrons. The van der Waals surface area contributed by atoms with Crippen LogP contribution in [0.15, 0.2) is 28.7 Å². The summed E-state index contributed by atoms with van der Waals surface area (Å²) in [5.74, 6) is 0.437. The minimum atomic E-state index is 0.133. The molecule has 0 saturated carbocycles. The number of hydrogen-bond acceptors (Lipinski definition) is 5. The summed E-state index contributed by atoms with van der Waals surface area (Å²) in [6, 6.07) is 3.63. The van der Waals surface area contributed by atoms with E-state index in [1.807, 2.05) is 19.9 Å². The molecule has 16 heavy (non-hydrogen) atoms. The van der Waals surface area contributed by atoms with Crippen LogP contribution in [0.1, 0.15) is 11.1 Å². The molecule has 0 aliphatic carbocycles. The van der Waals surface area contributed by atoms with Crippen molar-refractivity contribution in [1.82, 2.24) is 15.2 Å². The first kappa shape index (κ1) is 10.3. The number of aromatic nitrogens is 3. The van der Waals surface area contributed by atoms with E-state index in [0.29, 0.717) is 11.6 Å². The van der Waals surface area contributed by atoms with Gasteiger partial charge in [-0.3, -0.25) is 0 Å². The highest BCUT2D eigenvalue weighted by Crippen LogP contribution is 2.31. The minimum Gasteiger partial charge on any atom is -0.505 e. The second-order valence-corrected chi connectivity index (χ2v) is 3.46. The van der Waals surface area contributed by atoms with Crippen LogP contribution >= 0.6 is 0 Å². The maximum absolute atomic E-state index is 9.75. The smallest absolute Gasteiger partial charge is 0.264 e. The highest BCUT2D eigenvalue weighted by molar-refractivity contribution is 5.56. The summed E-state index contributed by atoms with van der Waals surface area (Å²) in [6.45, 7) is 3.75. The van der Waals surface area contributed by atoms with Gasteiger partial charge >= 0.3 is 0 Å². The maximum atomic E-state index is 9.75. The molecule has 0 aliphatic heterocycles. The van der Waals surface area contributed by atoms with Gasteiger partial charge in [0.2, 0.25) is 0 Å². The predicted octanol–water partition coefficient (Wildman–Crippen LogP) is 2.54. The van der Waals surface area contributed by atoms with Gasteiger partial charge in [0.25, 0.3) is 5.95 Å². The van der Waals surface area contributed by atoms with Crippen molar-refractivity contribution in [2.24, 2.45) is 10.2 Å². The van der Waals surface area contributed by atoms with E-state index >= 15 is 0 Å². The SMILES string of the molecule is Cc1cc(C)c(O)c(N=Nc2ncn[nH]2)c1. The Hall–Kier alpha value is -2.24. The number of nitrogens with one attached hydrogen (secondary N) is 1. The van der Waals surface area contributed by atoms with Gasteiger partial charge in [-0.2, -0.15) is 10.1 Å². The van der Waals surface area contributed by atoms with Crippen molar-refractivity contribution in [3.63, 3.8) is 0 Å². The largest absolute Gasteiger partial charge is 0.505 e. The maximum Gasteiger partial charge on any atom is 0.264 e. The Bertz CT molecular complexity index is 518. The fraction of sp³-hybridized carbons (Fsp3) is 0.200. The predicted molar refractivity (Wildman–Crippen MR) is 58.1 cm³/mol. The normalized spacial score (nSPS) is 11.1. The second-order valence-electron chi connectivity index (χ2n) is 3.46. The van der Waals surface area contributed by atoms with Crippen LogP contribution in [-0.2, 0) is 0 Å². The Balaban J connectivity index is 2.34. The first-order valence-electron chi connectivity index (χ1n) is 4.74. The molecule has 0 unspecified atom stereocenters. The topological polar surface area (TPSA) is 86.5 Å². The van der Waals surface area contributed by atoms with Crippen LogP contribution < -0.4 is 0 Å². The number of phenolic OH excluding ortho intramolecular Hbond substituents is 1. The number of benzene rings is 1. The quantitative estimate of drug-likeness (QED) is 0.758. The zero-order chi connectivity index (χ0) is 11.5. The third-order valence-electron chi connectivity index (χ3n) is 2.08. The lowest BCUT2D eigenvalue weighted by Gasteiger charge is -2.03. The van der Waals surface area contributed by atoms with E-state index in [4.69, 9.17) is 0 Å². The van der Waals surface area contributed by atoms with E-state index in [1.165, 1.54) is 6.33 Å². The fourth-order valence-electron chi connectivity index (χ4n) is 1.36. The second kappa shape index (κ2) is 4.09. The number of nitrogens with zero attached hydrogens (tertiary/aromatic N) is 4. The molecule has 0 aliphatic rings. The van der Waals surface area contributed by atoms with Gasteiger partial charge in [0.15, 0.2) is 0 Å². The Labute approximate surface area is 92.1 Å². The molecule has 0 saturated heterocycles. The molecule has 0 atom stereocenters. The van der Waals surface area contributed by atoms with Crippen LogP contribution in [0.2, 0.25) is 0 Å². The van der Waals surface area contributed by atoms with Crippen molar-refractivity contribution in [1.29, 1.82) is 0 Å². The van der Waals surface area contributed by atoms with Crippen LogP contribution in [0.4, 0.5) is 11.6 Å².